The van der Waals surface area contributed by atoms with Gasteiger partial charge in [0, 0.05) is 12.0 Å². The number of rotatable bonds is 3. The number of Topliss-reactive ketones (excluding diaryl/α,β-unsaturated/α-hetero) is 1. The fraction of sp³-hybridized carbons (Fsp3) is 0.125. The van der Waals surface area contributed by atoms with Crippen LogP contribution in [0.5, 0.6) is 0 Å². The molecule has 1 aliphatic rings. The van der Waals surface area contributed by atoms with E-state index in [1.807, 2.05) is 0 Å². The summed E-state index contributed by atoms with van der Waals surface area (Å²) in [6.45, 7) is 6.96. The standard InChI is InChI=1S/C16H12N2O3S/c1-17-11-4-2-5-12(10-11)22(20,21)18-15-7-3-6-14-13(15)8-9-16(14)19/h2-7,10,18H,8-9H2. The van der Waals surface area contributed by atoms with Crippen LogP contribution in [0.2, 0.25) is 0 Å². The Kier molecular flexibility index (Phi) is 3.43. The lowest BCUT2D eigenvalue weighted by Gasteiger charge is -2.12. The smallest absolute Gasteiger partial charge is 0.260 e. The third-order valence-electron chi connectivity index (χ3n) is 3.58. The van der Waals surface area contributed by atoms with Crippen molar-refractivity contribution < 1.29 is 13.2 Å². The molecule has 0 aliphatic heterocycles. The van der Waals surface area contributed by atoms with Gasteiger partial charge in [-0.15, -0.1) is 0 Å². The second-order valence-electron chi connectivity index (χ2n) is 4.97. The van der Waals surface area contributed by atoms with Crippen LogP contribution in [0.1, 0.15) is 22.3 Å². The van der Waals surface area contributed by atoms with Crippen molar-refractivity contribution in [3.63, 3.8) is 0 Å². The van der Waals surface area contributed by atoms with E-state index < -0.39 is 10.0 Å². The average Bonchev–Trinajstić information content (AvgIpc) is 2.90. The number of fused-ring (bicyclic) bond motifs is 1. The Labute approximate surface area is 128 Å². The van der Waals surface area contributed by atoms with Crippen LogP contribution >= 0.6 is 0 Å². The van der Waals surface area contributed by atoms with Gasteiger partial charge in [-0.2, -0.15) is 0 Å². The number of ketones is 1. The second kappa shape index (κ2) is 5.28. The van der Waals surface area contributed by atoms with E-state index in [0.717, 1.165) is 5.56 Å². The number of hydrogen-bond donors (Lipinski definition) is 1. The second-order valence-corrected chi connectivity index (χ2v) is 6.65. The lowest BCUT2D eigenvalue weighted by Crippen LogP contribution is -2.14. The predicted molar refractivity (Wildman–Crippen MR) is 82.6 cm³/mol. The van der Waals surface area contributed by atoms with Gasteiger partial charge in [-0.25, -0.2) is 13.3 Å². The molecule has 0 amide bonds. The Morgan fingerprint density at radius 1 is 1.09 bits per heavy atom. The summed E-state index contributed by atoms with van der Waals surface area (Å²) < 4.78 is 27.4. The zero-order valence-corrected chi connectivity index (χ0v) is 12.4. The van der Waals surface area contributed by atoms with Crippen LogP contribution in [0.15, 0.2) is 47.4 Å². The van der Waals surface area contributed by atoms with E-state index in [0.29, 0.717) is 24.1 Å². The Hall–Kier alpha value is -2.65. The Balaban J connectivity index is 2.00. The summed E-state index contributed by atoms with van der Waals surface area (Å²) in [5.41, 5.74) is 2.00. The topological polar surface area (TPSA) is 67.6 Å². The van der Waals surface area contributed by atoms with E-state index in [9.17, 15) is 13.2 Å². The number of carbonyl (C=O) groups is 1. The molecule has 0 radical (unpaired) electrons. The van der Waals surface area contributed by atoms with E-state index >= 15 is 0 Å². The van der Waals surface area contributed by atoms with Gasteiger partial charge in [0.2, 0.25) is 0 Å². The number of benzene rings is 2. The van der Waals surface area contributed by atoms with Crippen LogP contribution in [-0.2, 0) is 16.4 Å². The van der Waals surface area contributed by atoms with Crippen molar-refractivity contribution >= 4 is 27.2 Å². The van der Waals surface area contributed by atoms with Crippen LogP contribution in [0.25, 0.3) is 4.85 Å². The highest BCUT2D eigenvalue weighted by Gasteiger charge is 2.24. The third-order valence-corrected chi connectivity index (χ3v) is 4.94. The first kappa shape index (κ1) is 14.3. The van der Waals surface area contributed by atoms with Crippen molar-refractivity contribution in [1.82, 2.24) is 0 Å². The summed E-state index contributed by atoms with van der Waals surface area (Å²) in [6, 6.07) is 10.9. The molecule has 0 bridgehead atoms. The van der Waals surface area contributed by atoms with Gasteiger partial charge < -0.3 is 0 Å². The lowest BCUT2D eigenvalue weighted by molar-refractivity contribution is 0.0994. The molecule has 1 aliphatic carbocycles. The SMILES string of the molecule is [C-]#[N+]c1cccc(S(=O)(=O)Nc2cccc3c2CCC3=O)c1. The summed E-state index contributed by atoms with van der Waals surface area (Å²) in [6.07, 6.45) is 0.941. The number of sulfonamides is 1. The molecule has 0 unspecified atom stereocenters. The molecule has 0 fully saturated rings. The minimum atomic E-state index is -3.79. The van der Waals surface area contributed by atoms with Gasteiger partial charge in [-0.05, 0) is 30.2 Å². The first-order chi connectivity index (χ1) is 10.5. The van der Waals surface area contributed by atoms with Gasteiger partial charge in [-0.1, -0.05) is 24.3 Å². The monoisotopic (exact) mass is 312 g/mol. The van der Waals surface area contributed by atoms with Crippen molar-refractivity contribution in [2.75, 3.05) is 4.72 Å². The molecule has 2 aromatic carbocycles. The molecule has 6 heteroatoms. The number of hydrogen-bond acceptors (Lipinski definition) is 3. The first-order valence-corrected chi connectivity index (χ1v) is 8.15. The molecule has 0 saturated heterocycles. The molecule has 110 valence electrons. The zero-order chi connectivity index (χ0) is 15.7. The maximum Gasteiger partial charge on any atom is 0.260 e. The van der Waals surface area contributed by atoms with E-state index in [4.69, 9.17) is 6.57 Å². The third kappa shape index (κ3) is 2.47. The molecule has 22 heavy (non-hydrogen) atoms. The molecule has 0 atom stereocenters. The number of nitrogens with one attached hydrogen (secondary N) is 1. The Morgan fingerprint density at radius 3 is 2.64 bits per heavy atom. The Morgan fingerprint density at radius 2 is 1.86 bits per heavy atom. The largest absolute Gasteiger partial charge is 0.294 e. The molecule has 1 N–H and O–H groups in total. The molecule has 3 rings (SSSR count). The maximum absolute atomic E-state index is 12.5. The minimum Gasteiger partial charge on any atom is -0.294 e. The summed E-state index contributed by atoms with van der Waals surface area (Å²) in [7, 11) is -3.79. The van der Waals surface area contributed by atoms with Crippen LogP contribution in [0.3, 0.4) is 0 Å². The Bertz CT molecular complexity index is 911. The molecule has 2 aromatic rings. The summed E-state index contributed by atoms with van der Waals surface area (Å²) in [5.74, 6) is 0.0334. The fourth-order valence-corrected chi connectivity index (χ4v) is 3.64. The van der Waals surface area contributed by atoms with Crippen LogP contribution in [0, 0.1) is 6.57 Å². The van der Waals surface area contributed by atoms with Crippen molar-refractivity contribution in [3.05, 3.63) is 65.0 Å². The van der Waals surface area contributed by atoms with E-state index in [2.05, 4.69) is 9.57 Å². The minimum absolute atomic E-state index is 0.0305. The lowest BCUT2D eigenvalue weighted by atomic mass is 10.1. The van der Waals surface area contributed by atoms with E-state index in [1.165, 1.54) is 18.2 Å². The number of anilines is 1. The zero-order valence-electron chi connectivity index (χ0n) is 11.5. The van der Waals surface area contributed by atoms with E-state index in [1.54, 1.807) is 24.3 Å². The van der Waals surface area contributed by atoms with Gasteiger partial charge in [0.25, 0.3) is 10.0 Å². The molecular formula is C16H12N2O3S. The van der Waals surface area contributed by atoms with E-state index in [-0.39, 0.29) is 16.4 Å². The molecule has 0 aromatic heterocycles. The predicted octanol–water partition coefficient (Wildman–Crippen LogP) is 3.17. The van der Waals surface area contributed by atoms with Gasteiger partial charge in [-0.3, -0.25) is 9.52 Å². The molecule has 0 spiro atoms. The van der Waals surface area contributed by atoms with Gasteiger partial charge in [0.15, 0.2) is 11.5 Å². The van der Waals surface area contributed by atoms with Gasteiger partial charge >= 0.3 is 0 Å². The van der Waals surface area contributed by atoms with Crippen LogP contribution < -0.4 is 4.72 Å². The highest BCUT2D eigenvalue weighted by atomic mass is 32.2. The summed E-state index contributed by atoms with van der Waals surface area (Å²) in [5, 5.41) is 0. The highest BCUT2D eigenvalue weighted by molar-refractivity contribution is 7.92. The fourth-order valence-electron chi connectivity index (χ4n) is 2.51. The summed E-state index contributed by atoms with van der Waals surface area (Å²) in [4.78, 5) is 15.0. The summed E-state index contributed by atoms with van der Waals surface area (Å²) >= 11 is 0. The molecule has 0 heterocycles. The quantitative estimate of drug-likeness (QED) is 0.885. The number of carbonyl (C=O) groups excluding carboxylic acids is 1. The molecular weight excluding hydrogens is 300 g/mol. The highest BCUT2D eigenvalue weighted by Crippen LogP contribution is 2.30. The molecule has 0 saturated carbocycles. The van der Waals surface area contributed by atoms with Gasteiger partial charge in [0.05, 0.1) is 17.2 Å². The normalized spacial score (nSPS) is 13.5. The first-order valence-electron chi connectivity index (χ1n) is 6.67. The van der Waals surface area contributed by atoms with Crippen molar-refractivity contribution in [2.24, 2.45) is 0 Å². The maximum atomic E-state index is 12.5. The van der Waals surface area contributed by atoms with Crippen molar-refractivity contribution in [1.29, 1.82) is 0 Å². The van der Waals surface area contributed by atoms with Crippen LogP contribution in [0.4, 0.5) is 11.4 Å². The average molecular weight is 312 g/mol. The van der Waals surface area contributed by atoms with Crippen molar-refractivity contribution in [2.45, 2.75) is 17.7 Å². The van der Waals surface area contributed by atoms with Crippen molar-refractivity contribution in [3.8, 4) is 0 Å². The number of nitrogens with zero attached hydrogens (tertiary/aromatic N) is 1. The van der Waals surface area contributed by atoms with Crippen LogP contribution in [-0.4, -0.2) is 14.2 Å². The van der Waals surface area contributed by atoms with Gasteiger partial charge in [0.1, 0.15) is 0 Å². The molecule has 5 nitrogen and oxygen atoms in total.